The van der Waals surface area contributed by atoms with Crippen molar-refractivity contribution in [1.82, 2.24) is 0 Å². The maximum absolute atomic E-state index is 0. The molecule has 0 heterocycles. The van der Waals surface area contributed by atoms with Crippen LogP contribution in [0.5, 0.6) is 0 Å². The van der Waals surface area contributed by atoms with Gasteiger partial charge in [0.1, 0.15) is 0 Å². The molecule has 24 valence electrons. The molecule has 0 aliphatic carbocycles. The van der Waals surface area contributed by atoms with Gasteiger partial charge < -0.3 is 16.4 Å². The quantitative estimate of drug-likeness (QED) is 0.404. The summed E-state index contributed by atoms with van der Waals surface area (Å²) >= 11 is 0. The Morgan fingerprint density at radius 3 is 0.667 bits per heavy atom. The van der Waals surface area contributed by atoms with E-state index in [1.165, 1.54) is 0 Å². The summed E-state index contributed by atoms with van der Waals surface area (Å²) in [4.78, 5) is 0. The molecular formula is InKO3Zn. The number of hydrogen-bond acceptors (Lipinski definition) is 0. The van der Waals surface area contributed by atoms with Gasteiger partial charge in [0.25, 0.3) is 0 Å². The fourth-order valence-electron chi connectivity index (χ4n) is 0. The SMILES string of the molecule is [In+3].[K+].[O-2].[O-2].[O-2].[Zn+2]. The van der Waals surface area contributed by atoms with Crippen molar-refractivity contribution in [1.29, 1.82) is 0 Å². The van der Waals surface area contributed by atoms with E-state index in [0.29, 0.717) is 0 Å². The van der Waals surface area contributed by atoms with Crippen LogP contribution in [0.4, 0.5) is 0 Å². The van der Waals surface area contributed by atoms with E-state index in [1.807, 2.05) is 0 Å². The minimum absolute atomic E-state index is 0. The van der Waals surface area contributed by atoms with Crippen LogP contribution in [0.15, 0.2) is 0 Å². The third-order valence-electron chi connectivity index (χ3n) is 0. The molecular weight excluding hydrogens is 267 g/mol. The second kappa shape index (κ2) is 43.4. The molecule has 0 aliphatic heterocycles. The van der Waals surface area contributed by atoms with Gasteiger partial charge >= 0.3 is 96.7 Å². The Balaban J connectivity index is 0. The van der Waals surface area contributed by atoms with E-state index in [0.717, 1.165) is 0 Å². The molecule has 0 unspecified atom stereocenters. The molecule has 3 nitrogen and oxygen atoms in total. The monoisotopic (exact) mass is 266 g/mol. The van der Waals surface area contributed by atoms with Gasteiger partial charge in [0.05, 0.1) is 0 Å². The van der Waals surface area contributed by atoms with Crippen LogP contribution in [0.1, 0.15) is 0 Å². The molecule has 0 aromatic rings. The molecule has 0 aliphatic rings. The zero-order valence-corrected chi connectivity index (χ0v) is 12.9. The van der Waals surface area contributed by atoms with Crippen LogP contribution >= 0.6 is 0 Å². The summed E-state index contributed by atoms with van der Waals surface area (Å²) in [5, 5.41) is 0. The first-order chi connectivity index (χ1) is 0. The Morgan fingerprint density at radius 1 is 0.667 bits per heavy atom. The van der Waals surface area contributed by atoms with Gasteiger partial charge in [0.2, 0.25) is 0 Å². The Morgan fingerprint density at radius 2 is 0.667 bits per heavy atom. The standard InChI is InChI=1S/In.K.3O.Zn/q+3;+1;3*-2;+2. The molecule has 0 bridgehead atoms. The molecule has 0 fully saturated rings. The van der Waals surface area contributed by atoms with Gasteiger partial charge in [0.15, 0.2) is 0 Å². The summed E-state index contributed by atoms with van der Waals surface area (Å²) in [6, 6.07) is 0. The summed E-state index contributed by atoms with van der Waals surface area (Å²) in [5.74, 6) is 0. The molecule has 0 saturated heterocycles. The normalized spacial score (nSPS) is 0. The molecule has 6 heavy (non-hydrogen) atoms. The number of hydrogen-bond donors (Lipinski definition) is 0. The maximum Gasteiger partial charge on any atom is 3.00 e. The first-order valence-corrected chi connectivity index (χ1v) is 0. The largest absolute Gasteiger partial charge is 3.00 e. The van der Waals surface area contributed by atoms with Crippen LogP contribution in [0.2, 0.25) is 0 Å². The molecule has 0 atom stereocenters. The van der Waals surface area contributed by atoms with Crippen LogP contribution in [0.25, 0.3) is 0 Å². The fraction of sp³-hybridized carbons (Fsp3) is 0. The minimum atomic E-state index is 0. The zero-order chi connectivity index (χ0) is 0. The van der Waals surface area contributed by atoms with Gasteiger partial charge in [0, 0.05) is 0 Å². The van der Waals surface area contributed by atoms with Crippen LogP contribution in [0.3, 0.4) is 0 Å². The summed E-state index contributed by atoms with van der Waals surface area (Å²) in [7, 11) is 0. The Labute approximate surface area is 111 Å². The summed E-state index contributed by atoms with van der Waals surface area (Å²) in [6.45, 7) is 0. The van der Waals surface area contributed by atoms with Crippen molar-refractivity contribution in [3.8, 4) is 0 Å². The summed E-state index contributed by atoms with van der Waals surface area (Å²) in [6.07, 6.45) is 0. The number of rotatable bonds is 0. The molecule has 0 amide bonds. The first-order valence-electron chi connectivity index (χ1n) is 0. The van der Waals surface area contributed by atoms with Gasteiger partial charge in [-0.25, -0.2) is 0 Å². The van der Waals surface area contributed by atoms with E-state index in [1.54, 1.807) is 0 Å². The molecule has 0 saturated carbocycles. The molecule has 0 aromatic heterocycles. The third-order valence-corrected chi connectivity index (χ3v) is 0. The average molecular weight is 267 g/mol. The van der Waals surface area contributed by atoms with Crippen LogP contribution in [-0.2, 0) is 35.9 Å². The van der Waals surface area contributed by atoms with E-state index >= 15 is 0 Å². The van der Waals surface area contributed by atoms with Crippen LogP contribution < -0.4 is 51.4 Å². The van der Waals surface area contributed by atoms with Crippen molar-refractivity contribution in [2.45, 2.75) is 0 Å². The summed E-state index contributed by atoms with van der Waals surface area (Å²) in [5.41, 5.74) is 0. The predicted molar refractivity (Wildman–Crippen MR) is 7.81 cm³/mol. The van der Waals surface area contributed by atoms with Crippen LogP contribution in [-0.4, -0.2) is 25.8 Å². The van der Waals surface area contributed by atoms with Crippen molar-refractivity contribution in [2.75, 3.05) is 0 Å². The van der Waals surface area contributed by atoms with Crippen molar-refractivity contribution < 1.29 is 87.3 Å². The van der Waals surface area contributed by atoms with Crippen LogP contribution in [0, 0.1) is 0 Å². The minimum Gasteiger partial charge on any atom is -2.00 e. The Bertz CT molecular complexity index is 10.8. The van der Waals surface area contributed by atoms with Gasteiger partial charge in [-0.3, -0.25) is 0 Å². The Kier molecular flexibility index (Phi) is 462. The van der Waals surface area contributed by atoms with E-state index in [2.05, 4.69) is 0 Å². The maximum atomic E-state index is 0. The van der Waals surface area contributed by atoms with Gasteiger partial charge in [-0.2, -0.15) is 0 Å². The smallest absolute Gasteiger partial charge is 2.00 e. The predicted octanol–water partition coefficient (Wildman–Crippen LogP) is -3.74. The van der Waals surface area contributed by atoms with Gasteiger partial charge in [-0.15, -0.1) is 0 Å². The first kappa shape index (κ1) is 63.8. The topological polar surface area (TPSA) is 85.5 Å². The molecule has 0 aromatic carbocycles. The van der Waals surface area contributed by atoms with Crippen molar-refractivity contribution >= 4 is 25.8 Å². The van der Waals surface area contributed by atoms with E-state index in [-0.39, 0.29) is 113 Å². The van der Waals surface area contributed by atoms with E-state index < -0.39 is 0 Å². The van der Waals surface area contributed by atoms with Crippen molar-refractivity contribution in [2.24, 2.45) is 0 Å². The third kappa shape index (κ3) is 27.9. The van der Waals surface area contributed by atoms with E-state index in [4.69, 9.17) is 0 Å². The molecule has 0 N–H and O–H groups in total. The summed E-state index contributed by atoms with van der Waals surface area (Å²) < 4.78 is 0. The van der Waals surface area contributed by atoms with Crippen molar-refractivity contribution in [3.05, 3.63) is 0 Å². The van der Waals surface area contributed by atoms with Gasteiger partial charge in [-0.05, 0) is 0 Å². The Hall–Kier alpha value is 3.01. The molecule has 0 spiro atoms. The zero-order valence-electron chi connectivity index (χ0n) is 3.51. The average Bonchev–Trinajstić information content (AvgIpc) is 0. The van der Waals surface area contributed by atoms with E-state index in [9.17, 15) is 0 Å². The van der Waals surface area contributed by atoms with Crippen molar-refractivity contribution in [3.63, 3.8) is 0 Å². The van der Waals surface area contributed by atoms with Gasteiger partial charge in [-0.1, -0.05) is 0 Å². The second-order valence-corrected chi connectivity index (χ2v) is 0. The molecule has 6 heteroatoms. The fourth-order valence-corrected chi connectivity index (χ4v) is 0. The molecule has 0 rings (SSSR count). The molecule has 0 radical (unpaired) electrons. The second-order valence-electron chi connectivity index (χ2n) is 0.